The fourth-order valence-corrected chi connectivity index (χ4v) is 3.09. The number of halogens is 1. The first kappa shape index (κ1) is 10.2. The zero-order chi connectivity index (χ0) is 10.3. The predicted molar refractivity (Wildman–Crippen MR) is 64.7 cm³/mol. The first-order valence-corrected chi connectivity index (χ1v) is 6.07. The van der Waals surface area contributed by atoms with Gasteiger partial charge in [0.2, 0.25) is 0 Å². The number of hydrogen-bond donors (Lipinski definition) is 0. The zero-order valence-corrected chi connectivity index (χ0v) is 10.7. The van der Waals surface area contributed by atoms with E-state index in [-0.39, 0.29) is 0 Å². The summed E-state index contributed by atoms with van der Waals surface area (Å²) < 4.78 is 1.29. The summed E-state index contributed by atoms with van der Waals surface area (Å²) in [4.78, 5) is 0. The zero-order valence-electron chi connectivity index (χ0n) is 9.10. The summed E-state index contributed by atoms with van der Waals surface area (Å²) in [5.41, 5.74) is 3.49. The van der Waals surface area contributed by atoms with E-state index in [2.05, 4.69) is 54.9 Å². The molecule has 1 aromatic carbocycles. The van der Waals surface area contributed by atoms with E-state index in [0.29, 0.717) is 5.41 Å². The van der Waals surface area contributed by atoms with E-state index in [1.165, 1.54) is 22.9 Å². The van der Waals surface area contributed by atoms with Gasteiger partial charge in [0.1, 0.15) is 0 Å². The van der Waals surface area contributed by atoms with Gasteiger partial charge in [0.05, 0.1) is 0 Å². The summed E-state index contributed by atoms with van der Waals surface area (Å²) in [5, 5.41) is 0. The number of rotatable bonds is 0. The maximum absolute atomic E-state index is 3.64. The average molecular weight is 253 g/mol. The Morgan fingerprint density at radius 3 is 2.64 bits per heavy atom. The Morgan fingerprint density at radius 2 is 2.00 bits per heavy atom. The lowest BCUT2D eigenvalue weighted by atomic mass is 9.77. The fourth-order valence-electron chi connectivity index (χ4n) is 2.51. The Kier molecular flexibility index (Phi) is 2.46. The maximum atomic E-state index is 3.64. The van der Waals surface area contributed by atoms with Gasteiger partial charge in [-0.15, -0.1) is 0 Å². The minimum absolute atomic E-state index is 0.395. The molecule has 1 heteroatoms. The van der Waals surface area contributed by atoms with Crippen molar-refractivity contribution < 1.29 is 0 Å². The Hall–Kier alpha value is -0.300. The van der Waals surface area contributed by atoms with E-state index in [1.807, 2.05) is 0 Å². The number of fused-ring (bicyclic) bond motifs is 1. The molecular weight excluding hydrogens is 236 g/mol. The molecule has 2 rings (SSSR count). The molecule has 0 aliphatic heterocycles. The van der Waals surface area contributed by atoms with Gasteiger partial charge >= 0.3 is 0 Å². The molecule has 0 nitrogen and oxygen atoms in total. The van der Waals surface area contributed by atoms with Crippen LogP contribution in [0.2, 0.25) is 0 Å². The molecule has 0 fully saturated rings. The van der Waals surface area contributed by atoms with Crippen LogP contribution in [0.25, 0.3) is 0 Å². The third kappa shape index (κ3) is 1.63. The minimum atomic E-state index is 0.395. The Bertz CT molecular complexity index is 347. The van der Waals surface area contributed by atoms with Crippen molar-refractivity contribution >= 4 is 15.9 Å². The fraction of sp³-hybridized carbons (Fsp3) is 0.538. The molecule has 1 aliphatic carbocycles. The predicted octanol–water partition coefficient (Wildman–Crippen LogP) is 4.53. The molecule has 0 N–H and O–H groups in total. The molecular formula is C13H17Br. The topological polar surface area (TPSA) is 0 Å². The quantitative estimate of drug-likeness (QED) is 0.637. The third-order valence-electron chi connectivity index (χ3n) is 3.26. The van der Waals surface area contributed by atoms with E-state index in [4.69, 9.17) is 0 Å². The molecule has 1 unspecified atom stereocenters. The molecule has 1 atom stereocenters. The lowest BCUT2D eigenvalue weighted by Gasteiger charge is -2.27. The number of benzene rings is 1. The Morgan fingerprint density at radius 1 is 1.29 bits per heavy atom. The monoisotopic (exact) mass is 252 g/mol. The van der Waals surface area contributed by atoms with Crippen LogP contribution in [0, 0.1) is 5.41 Å². The first-order chi connectivity index (χ1) is 6.50. The van der Waals surface area contributed by atoms with Gasteiger partial charge in [-0.3, -0.25) is 0 Å². The molecule has 0 spiro atoms. The van der Waals surface area contributed by atoms with Crippen molar-refractivity contribution in [2.45, 2.75) is 39.5 Å². The van der Waals surface area contributed by atoms with Crippen LogP contribution < -0.4 is 0 Å². The van der Waals surface area contributed by atoms with Crippen molar-refractivity contribution in [2.24, 2.45) is 5.41 Å². The van der Waals surface area contributed by atoms with Crippen LogP contribution in [0.1, 0.15) is 44.2 Å². The van der Waals surface area contributed by atoms with Crippen molar-refractivity contribution in [2.75, 3.05) is 0 Å². The van der Waals surface area contributed by atoms with Gasteiger partial charge in [0.15, 0.2) is 0 Å². The van der Waals surface area contributed by atoms with Crippen molar-refractivity contribution in [1.82, 2.24) is 0 Å². The van der Waals surface area contributed by atoms with Crippen LogP contribution in [0.5, 0.6) is 0 Å². The van der Waals surface area contributed by atoms with Crippen LogP contribution in [-0.2, 0) is 6.42 Å². The highest BCUT2D eigenvalue weighted by Gasteiger charge is 2.32. The van der Waals surface area contributed by atoms with Gasteiger partial charge in [0.25, 0.3) is 0 Å². The van der Waals surface area contributed by atoms with Gasteiger partial charge in [-0.2, -0.15) is 0 Å². The average Bonchev–Trinajstić information content (AvgIpc) is 2.47. The van der Waals surface area contributed by atoms with Crippen LogP contribution in [0.15, 0.2) is 22.7 Å². The molecule has 0 amide bonds. The van der Waals surface area contributed by atoms with E-state index >= 15 is 0 Å². The van der Waals surface area contributed by atoms with Crippen molar-refractivity contribution in [1.29, 1.82) is 0 Å². The van der Waals surface area contributed by atoms with E-state index < -0.39 is 0 Å². The van der Waals surface area contributed by atoms with Crippen LogP contribution in [0.4, 0.5) is 0 Å². The SMILES string of the molecule is CC(C)(C)C1CCc2c(Br)cccc21. The van der Waals surface area contributed by atoms with E-state index in [1.54, 1.807) is 5.56 Å². The van der Waals surface area contributed by atoms with E-state index in [9.17, 15) is 0 Å². The summed E-state index contributed by atoms with van der Waals surface area (Å²) in [6, 6.07) is 6.61. The minimum Gasteiger partial charge on any atom is -0.0608 e. The molecule has 0 radical (unpaired) electrons. The maximum Gasteiger partial charge on any atom is 0.0210 e. The molecule has 1 aromatic rings. The normalized spacial score (nSPS) is 21.0. The Labute approximate surface area is 94.8 Å². The number of hydrogen-bond acceptors (Lipinski definition) is 0. The largest absolute Gasteiger partial charge is 0.0608 e. The summed E-state index contributed by atoms with van der Waals surface area (Å²) in [5.74, 6) is 0.731. The van der Waals surface area contributed by atoms with Gasteiger partial charge in [0, 0.05) is 4.47 Å². The highest BCUT2D eigenvalue weighted by atomic mass is 79.9. The highest BCUT2D eigenvalue weighted by Crippen LogP contribution is 2.46. The van der Waals surface area contributed by atoms with Gasteiger partial charge in [-0.05, 0) is 41.4 Å². The van der Waals surface area contributed by atoms with Crippen LogP contribution in [-0.4, -0.2) is 0 Å². The molecule has 0 bridgehead atoms. The molecule has 0 saturated carbocycles. The van der Waals surface area contributed by atoms with E-state index in [0.717, 1.165) is 5.92 Å². The lowest BCUT2D eigenvalue weighted by molar-refractivity contribution is 0.319. The molecule has 76 valence electrons. The Balaban J connectivity index is 2.45. The molecule has 0 aromatic heterocycles. The van der Waals surface area contributed by atoms with Crippen LogP contribution >= 0.6 is 15.9 Å². The van der Waals surface area contributed by atoms with Crippen molar-refractivity contribution in [3.05, 3.63) is 33.8 Å². The summed E-state index contributed by atoms with van der Waals surface area (Å²) in [6.45, 7) is 7.02. The van der Waals surface area contributed by atoms with Crippen molar-refractivity contribution in [3.63, 3.8) is 0 Å². The lowest BCUT2D eigenvalue weighted by Crippen LogP contribution is -2.15. The molecule has 0 heterocycles. The summed E-state index contributed by atoms with van der Waals surface area (Å²) in [7, 11) is 0. The second-order valence-electron chi connectivity index (χ2n) is 5.26. The van der Waals surface area contributed by atoms with Gasteiger partial charge in [-0.25, -0.2) is 0 Å². The van der Waals surface area contributed by atoms with Crippen LogP contribution in [0.3, 0.4) is 0 Å². The van der Waals surface area contributed by atoms with Gasteiger partial charge < -0.3 is 0 Å². The second-order valence-corrected chi connectivity index (χ2v) is 6.12. The van der Waals surface area contributed by atoms with Crippen molar-refractivity contribution in [3.8, 4) is 0 Å². The third-order valence-corrected chi connectivity index (χ3v) is 4.00. The summed E-state index contributed by atoms with van der Waals surface area (Å²) in [6.07, 6.45) is 2.54. The highest BCUT2D eigenvalue weighted by molar-refractivity contribution is 9.10. The first-order valence-electron chi connectivity index (χ1n) is 5.27. The summed E-state index contributed by atoms with van der Waals surface area (Å²) >= 11 is 3.64. The second kappa shape index (κ2) is 3.37. The smallest absolute Gasteiger partial charge is 0.0210 e. The molecule has 0 saturated heterocycles. The molecule has 14 heavy (non-hydrogen) atoms. The molecule has 1 aliphatic rings. The standard InChI is InChI=1S/C13H17Br/c1-13(2,3)11-8-7-10-9(11)5-4-6-12(10)14/h4-6,11H,7-8H2,1-3H3. The van der Waals surface area contributed by atoms with Gasteiger partial charge in [-0.1, -0.05) is 48.8 Å².